The molecule has 0 amide bonds. The van der Waals surface area contributed by atoms with Gasteiger partial charge in [-0.1, -0.05) is 87.7 Å². The largest absolute Gasteiger partial charge is 0.493 e. The number of hydrogen-bond donors (Lipinski definition) is 0. The molecular weight excluding hydrogens is 668 g/mol. The van der Waals surface area contributed by atoms with Crippen molar-refractivity contribution in [3.05, 3.63) is 130 Å². The van der Waals surface area contributed by atoms with Crippen molar-refractivity contribution in [3.63, 3.8) is 0 Å². The Kier molecular flexibility index (Phi) is 12.0. The summed E-state index contributed by atoms with van der Waals surface area (Å²) < 4.78 is 36.9. The number of benzene rings is 4. The number of carbonyl (C=O) groups is 2. The zero-order valence-electron chi connectivity index (χ0n) is 32.1. The fourth-order valence-corrected chi connectivity index (χ4v) is 7.19. The van der Waals surface area contributed by atoms with Crippen molar-refractivity contribution in [2.24, 2.45) is 0 Å². The second-order valence-electron chi connectivity index (χ2n) is 13.0. The molecule has 2 unspecified atom stereocenters. The van der Waals surface area contributed by atoms with E-state index in [0.29, 0.717) is 49.1 Å². The Balaban J connectivity index is 1.83. The second kappa shape index (κ2) is 16.4. The molecule has 0 radical (unpaired) electrons. The van der Waals surface area contributed by atoms with Crippen molar-refractivity contribution in [1.82, 2.24) is 0 Å². The molecule has 0 fully saturated rings. The minimum absolute atomic E-state index is 0.289. The van der Waals surface area contributed by atoms with Gasteiger partial charge < -0.3 is 28.4 Å². The first-order chi connectivity index (χ1) is 25.4. The Hall–Kier alpha value is -5.50. The van der Waals surface area contributed by atoms with Crippen LogP contribution in [-0.2, 0) is 37.3 Å². The molecule has 0 aromatic heterocycles. The van der Waals surface area contributed by atoms with Crippen molar-refractivity contribution in [2.75, 3.05) is 13.2 Å². The molecule has 8 nitrogen and oxygen atoms in total. The Labute approximate surface area is 313 Å². The predicted molar refractivity (Wildman–Crippen MR) is 207 cm³/mol. The van der Waals surface area contributed by atoms with E-state index in [1.54, 1.807) is 27.7 Å². The lowest BCUT2D eigenvalue weighted by atomic mass is 9.66. The van der Waals surface area contributed by atoms with Gasteiger partial charge in [0.15, 0.2) is 0 Å². The van der Waals surface area contributed by atoms with Gasteiger partial charge in [-0.15, -0.1) is 0 Å². The Bertz CT molecular complexity index is 1880. The number of carbonyl (C=O) groups excluding carboxylic acids is 2. The molecule has 53 heavy (non-hydrogen) atoms. The lowest BCUT2D eigenvalue weighted by Crippen LogP contribution is -2.31. The molecular formula is C45H50O8. The first-order valence-corrected chi connectivity index (χ1v) is 18.3. The van der Waals surface area contributed by atoms with Gasteiger partial charge in [0.1, 0.15) is 23.0 Å². The highest BCUT2D eigenvalue weighted by molar-refractivity contribution is 5.89. The molecule has 0 bridgehead atoms. The normalized spacial score (nSPS) is 13.5. The molecule has 0 saturated carbocycles. The van der Waals surface area contributed by atoms with E-state index < -0.39 is 29.9 Å². The standard InChI is InChI=1S/C45H50O8/c1-11-31-39(50-29(9)52-43(46)27(5)6)25-23-37(41(31)48-13-3)45(35-21-17-15-19-33(35)34-20-16-18-22-36(34)45)38-24-26-40(32(12-2)42(38)49-14-4)51-30(10)53-44(47)28(7)8/h15-26,29-30H,5,7,11-14H2,1-4,6,8-10H3. The van der Waals surface area contributed by atoms with Gasteiger partial charge in [0.05, 0.1) is 18.6 Å². The first-order valence-electron chi connectivity index (χ1n) is 18.3. The molecule has 2 atom stereocenters. The van der Waals surface area contributed by atoms with E-state index in [4.69, 9.17) is 28.4 Å². The van der Waals surface area contributed by atoms with Crippen molar-refractivity contribution in [1.29, 1.82) is 0 Å². The molecule has 0 saturated heterocycles. The smallest absolute Gasteiger partial charge is 0.336 e. The maximum Gasteiger partial charge on any atom is 0.336 e. The van der Waals surface area contributed by atoms with Crippen LogP contribution in [0.4, 0.5) is 0 Å². The van der Waals surface area contributed by atoms with Gasteiger partial charge in [-0.3, -0.25) is 0 Å². The molecule has 0 aliphatic heterocycles. The molecule has 4 aromatic carbocycles. The van der Waals surface area contributed by atoms with Gasteiger partial charge in [-0.25, -0.2) is 9.59 Å². The van der Waals surface area contributed by atoms with Gasteiger partial charge in [0.2, 0.25) is 12.6 Å². The maximum absolute atomic E-state index is 12.3. The topological polar surface area (TPSA) is 89.5 Å². The van der Waals surface area contributed by atoms with E-state index >= 15 is 0 Å². The third-order valence-electron chi connectivity index (χ3n) is 9.31. The van der Waals surface area contributed by atoms with Crippen LogP contribution in [0.3, 0.4) is 0 Å². The van der Waals surface area contributed by atoms with Gasteiger partial charge in [-0.2, -0.15) is 0 Å². The molecule has 0 spiro atoms. The summed E-state index contributed by atoms with van der Waals surface area (Å²) in [4.78, 5) is 24.7. The second-order valence-corrected chi connectivity index (χ2v) is 13.0. The van der Waals surface area contributed by atoms with Crippen molar-refractivity contribution in [2.45, 2.75) is 86.2 Å². The summed E-state index contributed by atoms with van der Waals surface area (Å²) in [6.07, 6.45) is -0.586. The molecule has 5 rings (SSSR count). The highest BCUT2D eigenvalue weighted by atomic mass is 16.7. The highest BCUT2D eigenvalue weighted by Gasteiger charge is 2.50. The van der Waals surface area contributed by atoms with Crippen molar-refractivity contribution < 1.29 is 38.0 Å². The Morgan fingerprint density at radius 3 is 1.30 bits per heavy atom. The van der Waals surface area contributed by atoms with E-state index in [1.807, 2.05) is 26.0 Å². The van der Waals surface area contributed by atoms with Gasteiger partial charge in [0, 0.05) is 47.2 Å². The first kappa shape index (κ1) is 38.7. The SMILES string of the molecule is C=C(C)C(=O)OC(C)Oc1ccc(C2(c3ccc(OC(C)OC(=O)C(=C)C)c(CC)c3OCC)c3ccccc3-c3ccccc32)c(OCC)c1CC. The zero-order valence-corrected chi connectivity index (χ0v) is 32.1. The zero-order chi connectivity index (χ0) is 38.4. The van der Waals surface area contributed by atoms with Gasteiger partial charge in [0.25, 0.3) is 0 Å². The number of rotatable bonds is 16. The highest BCUT2D eigenvalue weighted by Crippen LogP contribution is 2.61. The molecule has 4 aromatic rings. The minimum atomic E-state index is -0.914. The minimum Gasteiger partial charge on any atom is -0.493 e. The molecule has 0 N–H and O–H groups in total. The maximum atomic E-state index is 12.3. The summed E-state index contributed by atoms with van der Waals surface area (Å²) in [6, 6.07) is 24.9. The number of esters is 2. The molecule has 0 heterocycles. The monoisotopic (exact) mass is 718 g/mol. The van der Waals surface area contributed by atoms with Crippen LogP contribution in [0.2, 0.25) is 0 Å². The summed E-state index contributed by atoms with van der Waals surface area (Å²) in [5.74, 6) is 1.41. The fourth-order valence-electron chi connectivity index (χ4n) is 7.19. The van der Waals surface area contributed by atoms with E-state index in [1.165, 1.54) is 0 Å². The summed E-state index contributed by atoms with van der Waals surface area (Å²) in [5, 5.41) is 0. The van der Waals surface area contributed by atoms with Crippen LogP contribution in [0.1, 0.15) is 88.8 Å². The molecule has 1 aliphatic carbocycles. The Morgan fingerprint density at radius 1 is 0.585 bits per heavy atom. The van der Waals surface area contributed by atoms with Crippen molar-refractivity contribution >= 4 is 11.9 Å². The number of fused-ring (bicyclic) bond motifs is 3. The summed E-state index contributed by atoms with van der Waals surface area (Å²) in [7, 11) is 0. The van der Waals surface area contributed by atoms with Crippen LogP contribution in [0.5, 0.6) is 23.0 Å². The van der Waals surface area contributed by atoms with E-state index in [9.17, 15) is 9.59 Å². The third kappa shape index (κ3) is 7.28. The lowest BCUT2D eigenvalue weighted by Gasteiger charge is -2.37. The summed E-state index contributed by atoms with van der Waals surface area (Å²) in [6.45, 7) is 22.8. The quantitative estimate of drug-likeness (QED) is 0.0566. The number of ether oxygens (including phenoxy) is 6. The summed E-state index contributed by atoms with van der Waals surface area (Å²) >= 11 is 0. The van der Waals surface area contributed by atoms with E-state index in [2.05, 4.69) is 87.7 Å². The fraction of sp³-hybridized carbons (Fsp3) is 0.333. The summed E-state index contributed by atoms with van der Waals surface area (Å²) in [5.41, 5.74) is 7.51. The van der Waals surface area contributed by atoms with Crippen LogP contribution in [0.25, 0.3) is 11.1 Å². The van der Waals surface area contributed by atoms with Crippen LogP contribution >= 0.6 is 0 Å². The van der Waals surface area contributed by atoms with Crippen molar-refractivity contribution in [3.8, 4) is 34.1 Å². The van der Waals surface area contributed by atoms with E-state index in [-0.39, 0.29) is 11.1 Å². The lowest BCUT2D eigenvalue weighted by molar-refractivity contribution is -0.157. The van der Waals surface area contributed by atoms with Gasteiger partial charge >= 0.3 is 11.9 Å². The molecule has 1 aliphatic rings. The number of hydrogen-bond acceptors (Lipinski definition) is 8. The Morgan fingerprint density at radius 2 is 0.962 bits per heavy atom. The average molecular weight is 719 g/mol. The van der Waals surface area contributed by atoms with Crippen LogP contribution in [-0.4, -0.2) is 37.7 Å². The van der Waals surface area contributed by atoms with Crippen LogP contribution in [0, 0.1) is 0 Å². The van der Waals surface area contributed by atoms with Crippen LogP contribution < -0.4 is 18.9 Å². The third-order valence-corrected chi connectivity index (χ3v) is 9.31. The van der Waals surface area contributed by atoms with Crippen LogP contribution in [0.15, 0.2) is 97.1 Å². The van der Waals surface area contributed by atoms with E-state index in [0.717, 1.165) is 44.5 Å². The predicted octanol–water partition coefficient (Wildman–Crippen LogP) is 9.66. The molecule has 8 heteroatoms. The van der Waals surface area contributed by atoms with Gasteiger partial charge in [-0.05, 0) is 74.9 Å². The molecule has 278 valence electrons. The average Bonchev–Trinajstić information content (AvgIpc) is 3.43.